The molecular formula is C17H20N2O7. The Bertz CT molecular complexity index is 735. The molecule has 1 aromatic rings. The van der Waals surface area contributed by atoms with E-state index in [4.69, 9.17) is 9.84 Å². The summed E-state index contributed by atoms with van der Waals surface area (Å²) in [6, 6.07) is 2.17. The highest BCUT2D eigenvalue weighted by Crippen LogP contribution is 2.25. The molecule has 140 valence electrons. The van der Waals surface area contributed by atoms with Crippen molar-refractivity contribution in [2.24, 2.45) is 0 Å². The molecule has 1 aromatic carbocycles. The highest BCUT2D eigenvalue weighted by atomic mass is 16.6. The highest BCUT2D eigenvalue weighted by Gasteiger charge is 2.37. The quantitative estimate of drug-likeness (QED) is 0.493. The molecule has 0 radical (unpaired) electrons. The van der Waals surface area contributed by atoms with Gasteiger partial charge in [-0.15, -0.1) is 0 Å². The van der Waals surface area contributed by atoms with E-state index in [0.29, 0.717) is 12.8 Å². The minimum atomic E-state index is -1.38. The van der Waals surface area contributed by atoms with Crippen molar-refractivity contribution in [3.63, 3.8) is 0 Å². The normalized spacial score (nSPS) is 17.0. The second-order valence-corrected chi connectivity index (χ2v) is 7.02. The lowest BCUT2D eigenvalue weighted by Crippen LogP contribution is -2.43. The predicted octanol–water partition coefficient (Wildman–Crippen LogP) is 2.24. The number of non-ortho nitro benzene ring substituents is 1. The number of nitro benzene ring substituents is 1. The molecule has 0 aromatic heterocycles. The second kappa shape index (κ2) is 7.11. The highest BCUT2D eigenvalue weighted by molar-refractivity contribution is 6.00. The fraction of sp³-hybridized carbons (Fsp3) is 0.471. The maximum absolute atomic E-state index is 12.8. The second-order valence-electron chi connectivity index (χ2n) is 7.02. The minimum absolute atomic E-state index is 0.146. The maximum atomic E-state index is 12.8. The number of carbonyl (C=O) groups is 3. The molecule has 9 heteroatoms. The van der Waals surface area contributed by atoms with E-state index in [1.54, 1.807) is 20.8 Å². The third-order valence-corrected chi connectivity index (χ3v) is 3.82. The van der Waals surface area contributed by atoms with Gasteiger partial charge in [0.25, 0.3) is 11.6 Å². The Kier molecular flexibility index (Phi) is 5.29. The summed E-state index contributed by atoms with van der Waals surface area (Å²) in [4.78, 5) is 47.8. The van der Waals surface area contributed by atoms with Crippen LogP contribution in [0.1, 0.15) is 54.3 Å². The molecule has 1 fully saturated rings. The van der Waals surface area contributed by atoms with E-state index in [9.17, 15) is 24.5 Å². The Labute approximate surface area is 149 Å². The van der Waals surface area contributed by atoms with Crippen LogP contribution in [0.2, 0.25) is 0 Å². The summed E-state index contributed by atoms with van der Waals surface area (Å²) in [5.41, 5.74) is -1.72. The van der Waals surface area contributed by atoms with Gasteiger partial charge in [-0.25, -0.2) is 9.59 Å². The number of rotatable bonds is 4. The molecule has 1 N–H and O–H groups in total. The smallest absolute Gasteiger partial charge is 0.335 e. The molecular weight excluding hydrogens is 344 g/mol. The number of ether oxygens (including phenoxy) is 1. The van der Waals surface area contributed by atoms with E-state index in [1.165, 1.54) is 4.90 Å². The number of nitrogens with zero attached hydrogens (tertiary/aromatic N) is 2. The zero-order valence-electron chi connectivity index (χ0n) is 14.7. The van der Waals surface area contributed by atoms with Gasteiger partial charge in [0, 0.05) is 24.2 Å². The summed E-state index contributed by atoms with van der Waals surface area (Å²) in [5, 5.41) is 20.1. The monoisotopic (exact) mass is 364 g/mol. The molecule has 0 unspecified atom stereocenters. The fourth-order valence-corrected chi connectivity index (χ4v) is 2.75. The summed E-state index contributed by atoms with van der Waals surface area (Å²) in [6.45, 7) is 5.43. The number of likely N-dealkylation sites (tertiary alicyclic amines) is 1. The molecule has 26 heavy (non-hydrogen) atoms. The Morgan fingerprint density at radius 3 is 2.38 bits per heavy atom. The van der Waals surface area contributed by atoms with Crippen molar-refractivity contribution in [1.82, 2.24) is 4.90 Å². The van der Waals surface area contributed by atoms with Crippen LogP contribution in [0.5, 0.6) is 0 Å². The summed E-state index contributed by atoms with van der Waals surface area (Å²) < 4.78 is 5.33. The van der Waals surface area contributed by atoms with Gasteiger partial charge in [0.1, 0.15) is 11.6 Å². The molecule has 0 bridgehead atoms. The van der Waals surface area contributed by atoms with E-state index in [-0.39, 0.29) is 17.7 Å². The number of amides is 1. The van der Waals surface area contributed by atoms with Crippen molar-refractivity contribution in [3.8, 4) is 0 Å². The number of nitro groups is 1. The Hall–Kier alpha value is -2.97. The molecule has 0 spiro atoms. The van der Waals surface area contributed by atoms with Crippen molar-refractivity contribution in [2.45, 2.75) is 45.3 Å². The van der Waals surface area contributed by atoms with E-state index in [0.717, 1.165) is 18.2 Å². The van der Waals surface area contributed by atoms with Crippen LogP contribution in [0.25, 0.3) is 0 Å². The van der Waals surface area contributed by atoms with E-state index in [1.807, 2.05) is 0 Å². The van der Waals surface area contributed by atoms with Gasteiger partial charge in [0.05, 0.1) is 10.5 Å². The molecule has 1 heterocycles. The van der Waals surface area contributed by atoms with Crippen LogP contribution < -0.4 is 0 Å². The van der Waals surface area contributed by atoms with Crippen molar-refractivity contribution in [1.29, 1.82) is 0 Å². The number of carboxylic acid groups (broad SMARTS) is 1. The molecule has 1 saturated heterocycles. The zero-order valence-corrected chi connectivity index (χ0v) is 14.7. The summed E-state index contributed by atoms with van der Waals surface area (Å²) in [5.74, 6) is -2.57. The molecule has 2 rings (SSSR count). The first kappa shape index (κ1) is 19.4. The lowest BCUT2D eigenvalue weighted by atomic mass is 10.1. The van der Waals surface area contributed by atoms with Crippen molar-refractivity contribution >= 4 is 23.5 Å². The Morgan fingerprint density at radius 2 is 1.85 bits per heavy atom. The largest absolute Gasteiger partial charge is 0.478 e. The van der Waals surface area contributed by atoms with Crippen LogP contribution in [0.4, 0.5) is 5.69 Å². The number of hydrogen-bond donors (Lipinski definition) is 1. The van der Waals surface area contributed by atoms with E-state index in [2.05, 4.69) is 0 Å². The third kappa shape index (κ3) is 4.35. The van der Waals surface area contributed by atoms with Crippen molar-refractivity contribution in [2.75, 3.05) is 6.54 Å². The van der Waals surface area contributed by atoms with Gasteiger partial charge in [0.15, 0.2) is 0 Å². The fourth-order valence-electron chi connectivity index (χ4n) is 2.75. The molecule has 1 aliphatic heterocycles. The maximum Gasteiger partial charge on any atom is 0.335 e. The topological polar surface area (TPSA) is 127 Å². The van der Waals surface area contributed by atoms with Crippen LogP contribution >= 0.6 is 0 Å². The SMILES string of the molecule is CC(C)(C)OC(=O)[C@H]1CCCN1C(=O)c1cc(C(=O)O)cc([N+](=O)[O-])c1. The van der Waals surface area contributed by atoms with Crippen LogP contribution in [-0.4, -0.2) is 51.0 Å². The van der Waals surface area contributed by atoms with Gasteiger partial charge in [-0.2, -0.15) is 0 Å². The van der Waals surface area contributed by atoms with Crippen LogP contribution in [0, 0.1) is 10.1 Å². The summed E-state index contributed by atoms with van der Waals surface area (Å²) >= 11 is 0. The third-order valence-electron chi connectivity index (χ3n) is 3.82. The standard InChI is InChI=1S/C17H20N2O7/c1-17(2,3)26-16(23)13-5-4-6-18(13)14(20)10-7-11(15(21)22)9-12(8-10)19(24)25/h7-9,13H,4-6H2,1-3H3,(H,21,22)/t13-/m1/s1. The van der Waals surface area contributed by atoms with Crippen molar-refractivity contribution < 1.29 is 29.2 Å². The first-order chi connectivity index (χ1) is 12.0. The molecule has 0 aliphatic carbocycles. The van der Waals surface area contributed by atoms with E-state index >= 15 is 0 Å². The number of esters is 1. The van der Waals surface area contributed by atoms with Gasteiger partial charge in [-0.3, -0.25) is 14.9 Å². The van der Waals surface area contributed by atoms with Gasteiger partial charge in [-0.05, 0) is 39.7 Å². The number of benzene rings is 1. The average Bonchev–Trinajstić information content (AvgIpc) is 3.01. The summed E-state index contributed by atoms with van der Waals surface area (Å²) in [7, 11) is 0. The van der Waals surface area contributed by atoms with E-state index < -0.39 is 40.1 Å². The molecule has 1 aliphatic rings. The number of carboxylic acids is 1. The van der Waals surface area contributed by atoms with Gasteiger partial charge in [-0.1, -0.05) is 0 Å². The lowest BCUT2D eigenvalue weighted by Gasteiger charge is -2.27. The molecule has 1 amide bonds. The van der Waals surface area contributed by atoms with Gasteiger partial charge >= 0.3 is 11.9 Å². The molecule has 9 nitrogen and oxygen atoms in total. The van der Waals surface area contributed by atoms with Gasteiger partial charge in [0.2, 0.25) is 0 Å². The minimum Gasteiger partial charge on any atom is -0.478 e. The first-order valence-corrected chi connectivity index (χ1v) is 8.06. The van der Waals surface area contributed by atoms with Crippen LogP contribution in [0.15, 0.2) is 18.2 Å². The number of hydrogen-bond acceptors (Lipinski definition) is 6. The summed E-state index contributed by atoms with van der Waals surface area (Å²) in [6.07, 6.45) is 0.998. The lowest BCUT2D eigenvalue weighted by molar-refractivity contribution is -0.384. The Morgan fingerprint density at radius 1 is 1.23 bits per heavy atom. The van der Waals surface area contributed by atoms with Crippen molar-refractivity contribution in [3.05, 3.63) is 39.4 Å². The number of carbonyl (C=O) groups excluding carboxylic acids is 2. The van der Waals surface area contributed by atoms with Gasteiger partial charge < -0.3 is 14.7 Å². The first-order valence-electron chi connectivity index (χ1n) is 8.06. The Balaban J connectivity index is 2.33. The zero-order chi connectivity index (χ0) is 19.6. The van der Waals surface area contributed by atoms with Crippen LogP contribution in [-0.2, 0) is 9.53 Å². The molecule has 0 saturated carbocycles. The van der Waals surface area contributed by atoms with Crippen LogP contribution in [0.3, 0.4) is 0 Å². The molecule has 1 atom stereocenters. The predicted molar refractivity (Wildman–Crippen MR) is 90.0 cm³/mol. The average molecular weight is 364 g/mol. The number of aromatic carboxylic acids is 1.